The number of anilines is 1. The van der Waals surface area contributed by atoms with E-state index < -0.39 is 0 Å². The van der Waals surface area contributed by atoms with Crippen LogP contribution in [0.2, 0.25) is 0 Å². The molecular formula is C22H23N3O2S. The van der Waals surface area contributed by atoms with Gasteiger partial charge >= 0.3 is 0 Å². The molecule has 0 saturated carbocycles. The van der Waals surface area contributed by atoms with E-state index in [-0.39, 0.29) is 11.4 Å². The lowest BCUT2D eigenvalue weighted by Gasteiger charge is -2.16. The Morgan fingerprint density at radius 3 is 2.79 bits per heavy atom. The average molecular weight is 394 g/mol. The number of ether oxygens (including phenoxy) is 1. The maximum absolute atomic E-state index is 12.6. The molecule has 1 fully saturated rings. The minimum absolute atomic E-state index is 0.0681. The number of rotatable bonds is 4. The number of hydrogen-bond acceptors (Lipinski definition) is 4. The van der Waals surface area contributed by atoms with Crippen molar-refractivity contribution >= 4 is 40.3 Å². The van der Waals surface area contributed by atoms with Crippen LogP contribution in [0, 0.1) is 13.8 Å². The summed E-state index contributed by atoms with van der Waals surface area (Å²) in [4.78, 5) is 13.3. The van der Waals surface area contributed by atoms with Gasteiger partial charge < -0.3 is 19.9 Å². The van der Waals surface area contributed by atoms with Crippen molar-refractivity contribution < 1.29 is 9.53 Å². The van der Waals surface area contributed by atoms with E-state index in [0.717, 1.165) is 39.2 Å². The Morgan fingerprint density at radius 1 is 1.21 bits per heavy atom. The van der Waals surface area contributed by atoms with Crippen molar-refractivity contribution in [2.24, 2.45) is 7.05 Å². The van der Waals surface area contributed by atoms with Crippen molar-refractivity contribution in [1.82, 2.24) is 9.88 Å². The largest absolute Gasteiger partial charge is 0.495 e. The summed E-state index contributed by atoms with van der Waals surface area (Å²) < 4.78 is 7.58. The molecule has 144 valence electrons. The van der Waals surface area contributed by atoms with Gasteiger partial charge in [0, 0.05) is 29.2 Å². The number of benzene rings is 2. The van der Waals surface area contributed by atoms with Crippen molar-refractivity contribution in [2.45, 2.75) is 19.3 Å². The molecule has 4 rings (SSSR count). The highest BCUT2D eigenvalue weighted by atomic mass is 32.2. The Labute approximate surface area is 168 Å². The number of hydrogen-bond donors (Lipinski definition) is 2. The van der Waals surface area contributed by atoms with Crippen molar-refractivity contribution in [3.63, 3.8) is 0 Å². The Balaban J connectivity index is 1.63. The first-order valence-corrected chi connectivity index (χ1v) is 10.0. The fourth-order valence-corrected chi connectivity index (χ4v) is 4.46. The number of thioether (sulfide) groups is 1. The van der Waals surface area contributed by atoms with Crippen LogP contribution in [0.5, 0.6) is 5.75 Å². The van der Waals surface area contributed by atoms with Gasteiger partial charge in [-0.2, -0.15) is 0 Å². The molecule has 1 aromatic heterocycles. The second-order valence-corrected chi connectivity index (χ2v) is 8.05. The highest BCUT2D eigenvalue weighted by Gasteiger charge is 2.28. The summed E-state index contributed by atoms with van der Waals surface area (Å²) in [5.74, 6) is 0.684. The lowest BCUT2D eigenvalue weighted by atomic mass is 10.1. The van der Waals surface area contributed by atoms with Gasteiger partial charge in [-0.1, -0.05) is 36.0 Å². The Kier molecular flexibility index (Phi) is 4.81. The average Bonchev–Trinajstić information content (AvgIpc) is 3.14. The number of nitrogens with zero attached hydrogens (tertiary/aromatic N) is 1. The summed E-state index contributed by atoms with van der Waals surface area (Å²) in [6, 6.07) is 14.2. The molecule has 6 heteroatoms. The number of methoxy groups -OCH3 is 1. The van der Waals surface area contributed by atoms with E-state index in [1.807, 2.05) is 43.3 Å². The zero-order chi connectivity index (χ0) is 19.8. The smallest absolute Gasteiger partial charge is 0.260 e. The number of aromatic nitrogens is 1. The topological polar surface area (TPSA) is 55.3 Å². The van der Waals surface area contributed by atoms with Gasteiger partial charge in [0.25, 0.3) is 5.91 Å². The summed E-state index contributed by atoms with van der Waals surface area (Å²) >= 11 is 1.48. The molecule has 0 radical (unpaired) electrons. The summed E-state index contributed by atoms with van der Waals surface area (Å²) in [7, 11) is 3.70. The highest BCUT2D eigenvalue weighted by Crippen LogP contribution is 2.35. The molecule has 28 heavy (non-hydrogen) atoms. The quantitative estimate of drug-likeness (QED) is 0.645. The first-order valence-electron chi connectivity index (χ1n) is 9.12. The fraction of sp³-hybridized carbons (Fsp3) is 0.227. The third-order valence-corrected chi connectivity index (χ3v) is 6.12. The second kappa shape index (κ2) is 7.28. The van der Waals surface area contributed by atoms with E-state index in [4.69, 9.17) is 4.74 Å². The second-order valence-electron chi connectivity index (χ2n) is 6.90. The minimum Gasteiger partial charge on any atom is -0.495 e. The van der Waals surface area contributed by atoms with E-state index in [1.165, 1.54) is 11.8 Å². The Bertz CT molecular complexity index is 1100. The maximum atomic E-state index is 12.6. The van der Waals surface area contributed by atoms with Crippen LogP contribution in [-0.4, -0.2) is 23.1 Å². The SMILES string of the molecule is COc1ccc(C)cc1NC1NC(=O)/C(=C/c2c(C)n(C)c3ccccc23)S1. The van der Waals surface area contributed by atoms with Gasteiger partial charge in [0.1, 0.15) is 5.75 Å². The van der Waals surface area contributed by atoms with Crippen molar-refractivity contribution in [1.29, 1.82) is 0 Å². The number of nitrogens with one attached hydrogen (secondary N) is 2. The predicted molar refractivity (Wildman–Crippen MR) is 117 cm³/mol. The lowest BCUT2D eigenvalue weighted by Crippen LogP contribution is -2.31. The van der Waals surface area contributed by atoms with Crippen LogP contribution in [0.1, 0.15) is 16.8 Å². The van der Waals surface area contributed by atoms with Crippen LogP contribution in [0.4, 0.5) is 5.69 Å². The molecule has 3 aromatic rings. The van der Waals surface area contributed by atoms with E-state index in [0.29, 0.717) is 4.91 Å². The molecule has 1 unspecified atom stereocenters. The van der Waals surface area contributed by atoms with Crippen LogP contribution >= 0.6 is 11.8 Å². The van der Waals surface area contributed by atoms with Gasteiger partial charge in [-0.3, -0.25) is 4.79 Å². The molecule has 2 heterocycles. The Morgan fingerprint density at radius 2 is 2.00 bits per heavy atom. The molecule has 2 aromatic carbocycles. The predicted octanol–water partition coefficient (Wildman–Crippen LogP) is 4.40. The monoisotopic (exact) mass is 393 g/mol. The fourth-order valence-electron chi connectivity index (χ4n) is 3.50. The van der Waals surface area contributed by atoms with Crippen molar-refractivity contribution in [2.75, 3.05) is 12.4 Å². The number of carbonyl (C=O) groups excluding carboxylic acids is 1. The molecule has 0 aliphatic carbocycles. The van der Waals surface area contributed by atoms with Crippen molar-refractivity contribution in [3.8, 4) is 5.75 Å². The molecule has 0 bridgehead atoms. The van der Waals surface area contributed by atoms with E-state index in [2.05, 4.69) is 41.3 Å². The van der Waals surface area contributed by atoms with Gasteiger partial charge in [0.05, 0.1) is 17.7 Å². The molecule has 1 amide bonds. The first kappa shape index (κ1) is 18.5. The first-order chi connectivity index (χ1) is 13.5. The van der Waals surface area contributed by atoms with Crippen LogP contribution < -0.4 is 15.4 Å². The highest BCUT2D eigenvalue weighted by molar-refractivity contribution is 8.05. The van der Waals surface area contributed by atoms with Gasteiger partial charge in [-0.05, 0) is 43.7 Å². The summed E-state index contributed by atoms with van der Waals surface area (Å²) in [6.07, 6.45) is 1.99. The van der Waals surface area contributed by atoms with Crippen LogP contribution in [0.15, 0.2) is 47.4 Å². The Hall–Kier alpha value is -2.86. The maximum Gasteiger partial charge on any atom is 0.260 e. The number of aryl methyl sites for hydroxylation is 2. The van der Waals surface area contributed by atoms with Crippen molar-refractivity contribution in [3.05, 3.63) is 64.2 Å². The van der Waals surface area contributed by atoms with Gasteiger partial charge in [-0.25, -0.2) is 0 Å². The molecule has 5 nitrogen and oxygen atoms in total. The van der Waals surface area contributed by atoms with Crippen LogP contribution in [0.3, 0.4) is 0 Å². The molecular weight excluding hydrogens is 370 g/mol. The number of para-hydroxylation sites is 1. The lowest BCUT2D eigenvalue weighted by molar-refractivity contribution is -0.116. The molecule has 2 N–H and O–H groups in total. The molecule has 1 atom stereocenters. The zero-order valence-corrected chi connectivity index (χ0v) is 17.2. The van der Waals surface area contributed by atoms with Crippen LogP contribution in [0.25, 0.3) is 17.0 Å². The minimum atomic E-state index is -0.246. The third-order valence-electron chi connectivity index (χ3n) is 5.10. The summed E-state index contributed by atoms with van der Waals surface area (Å²) in [5, 5.41) is 7.52. The van der Waals surface area contributed by atoms with Gasteiger partial charge in [0.15, 0.2) is 5.50 Å². The number of amides is 1. The molecule has 0 spiro atoms. The third kappa shape index (κ3) is 3.24. The van der Waals surface area contributed by atoms with Gasteiger partial charge in [-0.15, -0.1) is 0 Å². The van der Waals surface area contributed by atoms with E-state index >= 15 is 0 Å². The van der Waals surface area contributed by atoms with Gasteiger partial charge in [0.2, 0.25) is 0 Å². The molecule has 1 aliphatic rings. The standard InChI is InChI=1S/C22H23N3O2S/c1-13-9-10-19(27-4)17(11-13)23-22-24-21(26)20(28-22)12-16-14(2)25(3)18-8-6-5-7-15(16)18/h5-12,22-23H,1-4H3,(H,24,26)/b20-12-. The summed E-state index contributed by atoms with van der Waals surface area (Å²) in [6.45, 7) is 4.11. The van der Waals surface area contributed by atoms with E-state index in [1.54, 1.807) is 7.11 Å². The molecule has 1 aliphatic heterocycles. The number of fused-ring (bicyclic) bond motifs is 1. The zero-order valence-electron chi connectivity index (χ0n) is 16.4. The normalized spacial score (nSPS) is 17.9. The van der Waals surface area contributed by atoms with Crippen LogP contribution in [-0.2, 0) is 11.8 Å². The molecule has 1 saturated heterocycles. The van der Waals surface area contributed by atoms with E-state index in [9.17, 15) is 4.79 Å². The number of carbonyl (C=O) groups is 1. The summed E-state index contributed by atoms with van der Waals surface area (Å²) in [5.41, 5.74) is 5.13.